The molecule has 0 aromatic heterocycles. The van der Waals surface area contributed by atoms with Crippen molar-refractivity contribution in [2.24, 2.45) is 5.41 Å². The van der Waals surface area contributed by atoms with Gasteiger partial charge >= 0.3 is 11.9 Å². The van der Waals surface area contributed by atoms with Crippen molar-refractivity contribution in [3.8, 4) is 0 Å². The van der Waals surface area contributed by atoms with Gasteiger partial charge in [0.15, 0.2) is 5.41 Å². The summed E-state index contributed by atoms with van der Waals surface area (Å²) in [4.78, 5) is 30.7. The van der Waals surface area contributed by atoms with E-state index in [2.05, 4.69) is 4.74 Å². The Balaban J connectivity index is 2.80. The van der Waals surface area contributed by atoms with Gasteiger partial charge in [-0.25, -0.2) is 4.79 Å². The summed E-state index contributed by atoms with van der Waals surface area (Å²) in [7, 11) is 1.11. The van der Waals surface area contributed by atoms with E-state index in [9.17, 15) is 19.7 Å². The number of ether oxygens (including phenoxy) is 1. The first kappa shape index (κ1) is 8.63. The molecule has 0 heterocycles. The average Bonchev–Trinajstić information content (AvgIpc) is 2.82. The molecule has 0 N–H and O–H groups in total. The van der Waals surface area contributed by atoms with Crippen molar-refractivity contribution in [3.05, 3.63) is 10.1 Å². The Labute approximate surface area is 67.6 Å². The molecular formula is C6H7NO5. The summed E-state index contributed by atoms with van der Waals surface area (Å²) in [6, 6.07) is 0. The van der Waals surface area contributed by atoms with E-state index in [0.717, 1.165) is 7.11 Å². The zero-order valence-corrected chi connectivity index (χ0v) is 6.40. The van der Waals surface area contributed by atoms with Gasteiger partial charge < -0.3 is 4.74 Å². The van der Waals surface area contributed by atoms with E-state index >= 15 is 0 Å². The van der Waals surface area contributed by atoms with E-state index in [-0.39, 0.29) is 12.8 Å². The van der Waals surface area contributed by atoms with Gasteiger partial charge in [-0.2, -0.15) is 0 Å². The summed E-state index contributed by atoms with van der Waals surface area (Å²) in [5.74, 6) is -2.06. The highest BCUT2D eigenvalue weighted by atomic mass is 16.6. The van der Waals surface area contributed by atoms with Crippen LogP contribution in [0, 0.1) is 15.5 Å². The van der Waals surface area contributed by atoms with Crippen LogP contribution in [0.4, 0.5) is 0 Å². The lowest BCUT2D eigenvalue weighted by atomic mass is 10.1. The number of amides is 1. The summed E-state index contributed by atoms with van der Waals surface area (Å²) >= 11 is 0. The van der Waals surface area contributed by atoms with Gasteiger partial charge in [0.1, 0.15) is 4.92 Å². The maximum atomic E-state index is 10.9. The lowest BCUT2D eigenvalue weighted by Crippen LogP contribution is -2.32. The van der Waals surface area contributed by atoms with Crippen LogP contribution >= 0.6 is 0 Å². The summed E-state index contributed by atoms with van der Waals surface area (Å²) in [6.07, 6.45) is 0.443. The fourth-order valence-corrected chi connectivity index (χ4v) is 1.00. The number of nitro groups is 1. The van der Waals surface area contributed by atoms with Gasteiger partial charge in [-0.15, -0.1) is 0 Å². The van der Waals surface area contributed by atoms with E-state index in [1.807, 2.05) is 0 Å². The van der Waals surface area contributed by atoms with Crippen molar-refractivity contribution >= 4 is 11.9 Å². The molecule has 0 spiro atoms. The Bertz CT molecular complexity index is 255. The van der Waals surface area contributed by atoms with E-state index < -0.39 is 22.2 Å². The first-order valence-corrected chi connectivity index (χ1v) is 3.32. The smallest absolute Gasteiger partial charge is 0.461 e. The van der Waals surface area contributed by atoms with E-state index in [1.54, 1.807) is 0 Å². The highest BCUT2D eigenvalue weighted by Crippen LogP contribution is 2.47. The van der Waals surface area contributed by atoms with E-state index in [0.29, 0.717) is 0 Å². The molecule has 1 aliphatic carbocycles. The van der Waals surface area contributed by atoms with E-state index in [4.69, 9.17) is 0 Å². The number of carbonyl (C=O) groups excluding carboxylic acids is 2. The van der Waals surface area contributed by atoms with Crippen LogP contribution in [-0.2, 0) is 14.3 Å². The summed E-state index contributed by atoms with van der Waals surface area (Å²) in [6.45, 7) is 0. The Morgan fingerprint density at radius 3 is 2.25 bits per heavy atom. The molecule has 6 nitrogen and oxygen atoms in total. The lowest BCUT2D eigenvalue weighted by Gasteiger charge is -2.03. The average molecular weight is 173 g/mol. The third-order valence-corrected chi connectivity index (χ3v) is 1.90. The largest absolute Gasteiger partial charge is 0.468 e. The first-order valence-electron chi connectivity index (χ1n) is 3.32. The van der Waals surface area contributed by atoms with Crippen molar-refractivity contribution in [3.63, 3.8) is 0 Å². The number of methoxy groups -OCH3 is 1. The van der Waals surface area contributed by atoms with Gasteiger partial charge in [-0.3, -0.25) is 14.9 Å². The molecular weight excluding hydrogens is 166 g/mol. The number of hydrogen-bond acceptors (Lipinski definition) is 5. The molecule has 0 aromatic carbocycles. The molecule has 0 radical (unpaired) electrons. The van der Waals surface area contributed by atoms with Crippen LogP contribution in [-0.4, -0.2) is 23.9 Å². The van der Waals surface area contributed by atoms with Crippen LogP contribution in [0.2, 0.25) is 0 Å². The van der Waals surface area contributed by atoms with Crippen molar-refractivity contribution in [1.29, 1.82) is 0 Å². The molecule has 0 aliphatic heterocycles. The van der Waals surface area contributed by atoms with Gasteiger partial charge in [0.05, 0.1) is 7.11 Å². The minimum Gasteiger partial charge on any atom is -0.468 e. The molecule has 1 aliphatic rings. The second kappa shape index (κ2) is 2.54. The van der Waals surface area contributed by atoms with Crippen molar-refractivity contribution in [1.82, 2.24) is 0 Å². The minimum absolute atomic E-state index is 0.222. The topological polar surface area (TPSA) is 86.5 Å². The predicted octanol–water partition coefficient (Wildman–Crippen LogP) is -0.257. The van der Waals surface area contributed by atoms with Crippen LogP contribution in [0.5, 0.6) is 0 Å². The second-order valence-corrected chi connectivity index (χ2v) is 2.64. The van der Waals surface area contributed by atoms with Crippen molar-refractivity contribution < 1.29 is 19.2 Å². The number of nitrogens with zero attached hydrogens (tertiary/aromatic N) is 1. The van der Waals surface area contributed by atoms with Crippen LogP contribution < -0.4 is 0 Å². The predicted molar refractivity (Wildman–Crippen MR) is 35.7 cm³/mol. The second-order valence-electron chi connectivity index (χ2n) is 2.64. The fraction of sp³-hybridized carbons (Fsp3) is 0.667. The van der Waals surface area contributed by atoms with E-state index in [1.165, 1.54) is 0 Å². The summed E-state index contributed by atoms with van der Waals surface area (Å²) in [5.41, 5.74) is -1.46. The standard InChI is InChI=1S/C6H7NO5/c1-12-5(9)6(2-3-6)4(8)7(10)11/h2-3H2,1H3. The summed E-state index contributed by atoms with van der Waals surface area (Å²) < 4.78 is 4.28. The van der Waals surface area contributed by atoms with Gasteiger partial charge in [0, 0.05) is 0 Å². The molecule has 1 rings (SSSR count). The Hall–Kier alpha value is -1.46. The van der Waals surface area contributed by atoms with Gasteiger partial charge in [0.2, 0.25) is 0 Å². The first-order chi connectivity index (χ1) is 5.54. The minimum atomic E-state index is -1.46. The zero-order valence-electron chi connectivity index (χ0n) is 6.40. The van der Waals surface area contributed by atoms with Crippen LogP contribution in [0.25, 0.3) is 0 Å². The molecule has 0 unspecified atom stereocenters. The zero-order chi connectivity index (χ0) is 9.35. The monoisotopic (exact) mass is 173 g/mol. The highest BCUT2D eigenvalue weighted by molar-refractivity contribution is 6.02. The third-order valence-electron chi connectivity index (χ3n) is 1.90. The Kier molecular flexibility index (Phi) is 1.83. The number of carbonyl (C=O) groups is 2. The molecule has 1 saturated carbocycles. The molecule has 0 aromatic rings. The molecule has 0 atom stereocenters. The molecule has 6 heteroatoms. The normalized spacial score (nSPS) is 18.1. The lowest BCUT2D eigenvalue weighted by molar-refractivity contribution is -0.407. The number of esters is 1. The van der Waals surface area contributed by atoms with Gasteiger partial charge in [-0.1, -0.05) is 0 Å². The third kappa shape index (κ3) is 1.05. The molecule has 66 valence electrons. The number of rotatable bonds is 2. The molecule has 12 heavy (non-hydrogen) atoms. The Morgan fingerprint density at radius 1 is 1.50 bits per heavy atom. The van der Waals surface area contributed by atoms with Gasteiger partial charge in [0.25, 0.3) is 0 Å². The summed E-state index contributed by atoms with van der Waals surface area (Å²) in [5, 5.41) is 10.1. The van der Waals surface area contributed by atoms with Crippen molar-refractivity contribution in [2.75, 3.05) is 7.11 Å². The molecule has 1 fully saturated rings. The molecule has 0 bridgehead atoms. The van der Waals surface area contributed by atoms with Crippen LogP contribution in [0.15, 0.2) is 0 Å². The SMILES string of the molecule is COC(=O)C1(C(=O)[N+](=O)[O-])CC1. The van der Waals surface area contributed by atoms with Crippen molar-refractivity contribution in [2.45, 2.75) is 12.8 Å². The van der Waals surface area contributed by atoms with Crippen LogP contribution in [0.3, 0.4) is 0 Å². The fourth-order valence-electron chi connectivity index (χ4n) is 1.00. The Morgan fingerprint density at radius 2 is 2.00 bits per heavy atom. The maximum absolute atomic E-state index is 10.9. The maximum Gasteiger partial charge on any atom is 0.461 e. The number of hydrogen-bond donors (Lipinski definition) is 0. The molecule has 0 saturated heterocycles. The van der Waals surface area contributed by atoms with Gasteiger partial charge in [-0.05, 0) is 12.8 Å². The molecule has 1 amide bonds. The quantitative estimate of drug-likeness (QED) is 0.248. The van der Waals surface area contributed by atoms with Crippen LogP contribution in [0.1, 0.15) is 12.8 Å². The highest BCUT2D eigenvalue weighted by Gasteiger charge is 2.64.